The van der Waals surface area contributed by atoms with Crippen LogP contribution >= 0.6 is 11.3 Å². The molecular weight excluding hydrogens is 330 g/mol. The number of sulfonamides is 1. The maximum absolute atomic E-state index is 13.0. The van der Waals surface area contributed by atoms with Crippen LogP contribution in [0, 0.1) is 20.8 Å². The van der Waals surface area contributed by atoms with Crippen LogP contribution in [0.4, 0.5) is 0 Å². The number of piperidine rings is 1. The van der Waals surface area contributed by atoms with Crippen molar-refractivity contribution in [1.82, 2.24) is 14.5 Å². The van der Waals surface area contributed by atoms with Gasteiger partial charge in [-0.05, 0) is 50.8 Å². The number of hydrogen-bond acceptors (Lipinski definition) is 5. The highest BCUT2D eigenvalue weighted by Crippen LogP contribution is 2.32. The zero-order chi connectivity index (χ0) is 16.6. The van der Waals surface area contributed by atoms with E-state index in [0.29, 0.717) is 18.0 Å². The largest absolute Gasteiger partial charge is 0.243 e. The molecule has 0 amide bonds. The first-order valence-corrected chi connectivity index (χ1v) is 10.0. The van der Waals surface area contributed by atoms with Gasteiger partial charge in [0.2, 0.25) is 10.0 Å². The van der Waals surface area contributed by atoms with E-state index in [4.69, 9.17) is 0 Å². The fraction of sp³-hybridized carbons (Fsp3) is 0.500. The third-order valence-corrected chi connectivity index (χ3v) is 7.24. The van der Waals surface area contributed by atoms with Crippen LogP contribution in [-0.2, 0) is 10.0 Å². The SMILES string of the molecule is Cc1ccc(C)c(S(=O)(=O)N2CCCC(c3nnc(C)s3)C2)c1. The Labute approximate surface area is 141 Å². The summed E-state index contributed by atoms with van der Waals surface area (Å²) in [5.74, 6) is 0.148. The summed E-state index contributed by atoms with van der Waals surface area (Å²) in [6.07, 6.45) is 1.82. The van der Waals surface area contributed by atoms with Gasteiger partial charge in [0.15, 0.2) is 0 Å². The summed E-state index contributed by atoms with van der Waals surface area (Å²) < 4.78 is 27.7. The highest BCUT2D eigenvalue weighted by Gasteiger charge is 2.33. The molecule has 124 valence electrons. The third-order valence-electron chi connectivity index (χ3n) is 4.24. The second-order valence-electron chi connectivity index (χ2n) is 6.13. The van der Waals surface area contributed by atoms with Crippen molar-refractivity contribution in [2.75, 3.05) is 13.1 Å². The molecule has 0 bridgehead atoms. The van der Waals surface area contributed by atoms with Gasteiger partial charge >= 0.3 is 0 Å². The lowest BCUT2D eigenvalue weighted by Gasteiger charge is -2.31. The van der Waals surface area contributed by atoms with Crippen LogP contribution in [-0.4, -0.2) is 36.0 Å². The first-order chi connectivity index (χ1) is 10.9. The Kier molecular flexibility index (Phi) is 4.53. The monoisotopic (exact) mass is 351 g/mol. The topological polar surface area (TPSA) is 63.2 Å². The van der Waals surface area contributed by atoms with Crippen LogP contribution in [0.1, 0.15) is 39.9 Å². The van der Waals surface area contributed by atoms with Crippen LogP contribution in [0.5, 0.6) is 0 Å². The summed E-state index contributed by atoms with van der Waals surface area (Å²) in [5.41, 5.74) is 1.76. The third kappa shape index (κ3) is 3.32. The molecule has 0 N–H and O–H groups in total. The van der Waals surface area contributed by atoms with Gasteiger partial charge < -0.3 is 0 Å². The number of hydrogen-bond donors (Lipinski definition) is 0. The second-order valence-corrected chi connectivity index (χ2v) is 9.25. The van der Waals surface area contributed by atoms with Gasteiger partial charge in [-0.15, -0.1) is 21.5 Å². The Morgan fingerprint density at radius 1 is 1.22 bits per heavy atom. The average molecular weight is 351 g/mol. The summed E-state index contributed by atoms with van der Waals surface area (Å²) in [6, 6.07) is 5.58. The molecule has 1 atom stereocenters. The Morgan fingerprint density at radius 3 is 2.70 bits per heavy atom. The van der Waals surface area contributed by atoms with Gasteiger partial charge in [-0.25, -0.2) is 8.42 Å². The summed E-state index contributed by atoms with van der Waals surface area (Å²) in [6.45, 7) is 6.76. The van der Waals surface area contributed by atoms with Crippen molar-refractivity contribution in [3.63, 3.8) is 0 Å². The first kappa shape index (κ1) is 16.5. The normalized spacial score (nSPS) is 19.9. The van der Waals surface area contributed by atoms with Gasteiger partial charge in [-0.1, -0.05) is 12.1 Å². The molecule has 7 heteroatoms. The minimum atomic E-state index is -3.46. The zero-order valence-corrected chi connectivity index (χ0v) is 15.2. The lowest BCUT2D eigenvalue weighted by molar-refractivity contribution is 0.314. The van der Waals surface area contributed by atoms with Gasteiger partial charge in [0.05, 0.1) is 4.90 Å². The number of rotatable bonds is 3. The molecule has 1 aliphatic rings. The number of benzene rings is 1. The summed E-state index contributed by atoms with van der Waals surface area (Å²) >= 11 is 1.56. The van der Waals surface area contributed by atoms with Crippen molar-refractivity contribution in [3.05, 3.63) is 39.3 Å². The van der Waals surface area contributed by atoms with Gasteiger partial charge in [-0.3, -0.25) is 0 Å². The molecule has 0 radical (unpaired) electrons. The van der Waals surface area contributed by atoms with Crippen molar-refractivity contribution in [2.24, 2.45) is 0 Å². The molecule has 0 spiro atoms. The predicted octanol–water partition coefficient (Wildman–Crippen LogP) is 3.03. The van der Waals surface area contributed by atoms with Crippen LogP contribution in [0.25, 0.3) is 0 Å². The molecule has 1 fully saturated rings. The van der Waals surface area contributed by atoms with Crippen molar-refractivity contribution >= 4 is 21.4 Å². The molecule has 23 heavy (non-hydrogen) atoms. The van der Waals surface area contributed by atoms with E-state index in [2.05, 4.69) is 10.2 Å². The standard InChI is InChI=1S/C16H21N3O2S2/c1-11-6-7-12(2)15(9-11)23(20,21)19-8-4-5-14(10-19)16-18-17-13(3)22-16/h6-7,9,14H,4-5,8,10H2,1-3H3. The van der Waals surface area contributed by atoms with Gasteiger partial charge in [0, 0.05) is 19.0 Å². The molecule has 2 aromatic rings. The molecule has 1 saturated heterocycles. The van der Waals surface area contributed by atoms with E-state index in [9.17, 15) is 8.42 Å². The average Bonchev–Trinajstić information content (AvgIpc) is 2.96. The van der Waals surface area contributed by atoms with Crippen molar-refractivity contribution < 1.29 is 8.42 Å². The molecule has 5 nitrogen and oxygen atoms in total. The summed E-state index contributed by atoms with van der Waals surface area (Å²) in [4.78, 5) is 0.423. The van der Waals surface area contributed by atoms with Crippen LogP contribution in [0.15, 0.2) is 23.1 Å². The highest BCUT2D eigenvalue weighted by molar-refractivity contribution is 7.89. The Bertz CT molecular complexity index is 814. The van der Waals surface area contributed by atoms with E-state index in [0.717, 1.165) is 34.0 Å². The maximum atomic E-state index is 13.0. The Morgan fingerprint density at radius 2 is 2.00 bits per heavy atom. The quantitative estimate of drug-likeness (QED) is 0.853. The fourth-order valence-corrected chi connectivity index (χ4v) is 5.62. The van der Waals surface area contributed by atoms with Gasteiger partial charge in [-0.2, -0.15) is 4.31 Å². The molecular formula is C16H21N3O2S2. The van der Waals surface area contributed by atoms with E-state index in [-0.39, 0.29) is 5.92 Å². The number of aromatic nitrogens is 2. The highest BCUT2D eigenvalue weighted by atomic mass is 32.2. The minimum absolute atomic E-state index is 0.148. The van der Waals surface area contributed by atoms with Crippen molar-refractivity contribution in [3.8, 4) is 0 Å². The van der Waals surface area contributed by atoms with E-state index >= 15 is 0 Å². The van der Waals surface area contributed by atoms with Crippen LogP contribution in [0.2, 0.25) is 0 Å². The van der Waals surface area contributed by atoms with E-state index in [1.54, 1.807) is 21.7 Å². The molecule has 1 unspecified atom stereocenters. The Balaban J connectivity index is 1.89. The molecule has 3 rings (SSSR count). The molecule has 1 aromatic carbocycles. The molecule has 2 heterocycles. The lowest BCUT2D eigenvalue weighted by Crippen LogP contribution is -2.39. The molecule has 0 saturated carbocycles. The fourth-order valence-electron chi connectivity index (χ4n) is 2.96. The summed E-state index contributed by atoms with van der Waals surface area (Å²) in [7, 11) is -3.46. The smallest absolute Gasteiger partial charge is 0.207 e. The molecule has 1 aromatic heterocycles. The first-order valence-electron chi connectivity index (χ1n) is 7.75. The van der Waals surface area contributed by atoms with E-state index < -0.39 is 10.0 Å². The van der Waals surface area contributed by atoms with Crippen molar-refractivity contribution in [2.45, 2.75) is 44.4 Å². The Hall–Kier alpha value is -1.31. The predicted molar refractivity (Wildman–Crippen MR) is 91.3 cm³/mol. The second kappa shape index (κ2) is 6.30. The zero-order valence-electron chi connectivity index (χ0n) is 13.6. The minimum Gasteiger partial charge on any atom is -0.207 e. The molecule has 1 aliphatic heterocycles. The van der Waals surface area contributed by atoms with E-state index in [1.165, 1.54) is 0 Å². The van der Waals surface area contributed by atoms with E-state index in [1.807, 2.05) is 32.9 Å². The maximum Gasteiger partial charge on any atom is 0.243 e. The van der Waals surface area contributed by atoms with Crippen LogP contribution < -0.4 is 0 Å². The van der Waals surface area contributed by atoms with Gasteiger partial charge in [0.1, 0.15) is 10.0 Å². The van der Waals surface area contributed by atoms with Gasteiger partial charge in [0.25, 0.3) is 0 Å². The van der Waals surface area contributed by atoms with Crippen LogP contribution in [0.3, 0.4) is 0 Å². The number of aryl methyl sites for hydroxylation is 3. The van der Waals surface area contributed by atoms with Crippen molar-refractivity contribution in [1.29, 1.82) is 0 Å². The summed E-state index contributed by atoms with van der Waals surface area (Å²) in [5, 5.41) is 10.1. The lowest BCUT2D eigenvalue weighted by atomic mass is 10.0. The number of nitrogens with zero attached hydrogens (tertiary/aromatic N) is 3. The molecule has 0 aliphatic carbocycles.